The molecule has 0 heterocycles. The molecule has 1 rings (SSSR count). The van der Waals surface area contributed by atoms with E-state index in [0.29, 0.717) is 13.1 Å². The summed E-state index contributed by atoms with van der Waals surface area (Å²) in [4.78, 5) is 0. The molecule has 0 unspecified atom stereocenters. The Bertz CT molecular complexity index is 405. The van der Waals surface area contributed by atoms with Crippen LogP contribution in [0.15, 0.2) is 30.3 Å². The second-order valence-electron chi connectivity index (χ2n) is 3.45. The van der Waals surface area contributed by atoms with Gasteiger partial charge in [0.05, 0.1) is 0 Å². The predicted octanol–water partition coefficient (Wildman–Crippen LogP) is 2.23. The second kappa shape index (κ2) is 6.37. The van der Waals surface area contributed by atoms with E-state index in [1.807, 2.05) is 37.3 Å². The van der Waals surface area contributed by atoms with E-state index in [4.69, 9.17) is 0 Å². The number of alkyl halides is 1. The maximum atomic E-state index is 11.6. The van der Waals surface area contributed by atoms with Gasteiger partial charge in [-0.1, -0.05) is 53.2 Å². The van der Waals surface area contributed by atoms with Crippen LogP contribution in [-0.2, 0) is 16.4 Å². The number of rotatable bonds is 6. The van der Waals surface area contributed by atoms with Crippen LogP contribution in [0.25, 0.3) is 0 Å². The van der Waals surface area contributed by atoms with E-state index in [0.717, 1.165) is 12.0 Å². The van der Waals surface area contributed by atoms with E-state index in [9.17, 15) is 8.42 Å². The predicted molar refractivity (Wildman–Crippen MR) is 70.1 cm³/mol. The Morgan fingerprint density at radius 1 is 1.25 bits per heavy atom. The van der Waals surface area contributed by atoms with Crippen molar-refractivity contribution in [2.45, 2.75) is 13.3 Å². The average molecular weight is 306 g/mol. The molecule has 3 nitrogen and oxygen atoms in total. The van der Waals surface area contributed by atoms with Crippen molar-refractivity contribution in [2.24, 2.45) is 0 Å². The van der Waals surface area contributed by atoms with Crippen molar-refractivity contribution in [3.8, 4) is 0 Å². The third-order valence-electron chi connectivity index (χ3n) is 2.38. The summed E-state index contributed by atoms with van der Waals surface area (Å²) < 4.78 is 24.7. The van der Waals surface area contributed by atoms with Crippen LogP contribution in [0.5, 0.6) is 0 Å². The Balaban J connectivity index is 2.60. The maximum Gasteiger partial charge on any atom is 0.224 e. The third kappa shape index (κ3) is 3.88. The molecule has 1 aromatic carbocycles. The fourth-order valence-electron chi connectivity index (χ4n) is 1.46. The van der Waals surface area contributed by atoms with Crippen molar-refractivity contribution < 1.29 is 8.42 Å². The fourth-order valence-corrected chi connectivity index (χ4v) is 3.23. The van der Waals surface area contributed by atoms with E-state index < -0.39 is 10.0 Å². The molecule has 0 aliphatic rings. The number of hydrogen-bond acceptors (Lipinski definition) is 2. The summed E-state index contributed by atoms with van der Waals surface area (Å²) in [5.74, 6) is 0. The van der Waals surface area contributed by atoms with E-state index >= 15 is 0 Å². The van der Waals surface area contributed by atoms with Gasteiger partial charge in [0.1, 0.15) is 4.66 Å². The van der Waals surface area contributed by atoms with Gasteiger partial charge in [-0.05, 0) is 12.0 Å². The first-order valence-corrected chi connectivity index (χ1v) is 7.91. The smallest absolute Gasteiger partial charge is 0.211 e. The average Bonchev–Trinajstić information content (AvgIpc) is 2.31. The van der Waals surface area contributed by atoms with Crippen molar-refractivity contribution in [2.75, 3.05) is 17.8 Å². The molecule has 0 N–H and O–H groups in total. The molecule has 0 aliphatic carbocycles. The van der Waals surface area contributed by atoms with Gasteiger partial charge in [-0.2, -0.15) is 0 Å². The molecular weight excluding hydrogens is 290 g/mol. The number of hydrogen-bond donors (Lipinski definition) is 0. The van der Waals surface area contributed by atoms with E-state index in [2.05, 4.69) is 15.9 Å². The molecule has 0 bridgehead atoms. The van der Waals surface area contributed by atoms with Gasteiger partial charge in [-0.25, -0.2) is 12.7 Å². The molecule has 0 saturated heterocycles. The number of nitrogens with zero attached hydrogens (tertiary/aromatic N) is 1. The monoisotopic (exact) mass is 305 g/mol. The van der Waals surface area contributed by atoms with Crippen LogP contribution in [0, 0.1) is 0 Å². The minimum Gasteiger partial charge on any atom is -0.211 e. The second-order valence-corrected chi connectivity index (χ2v) is 6.72. The van der Waals surface area contributed by atoms with Gasteiger partial charge in [0.15, 0.2) is 0 Å². The summed E-state index contributed by atoms with van der Waals surface area (Å²) in [5.41, 5.74) is 1.16. The summed E-state index contributed by atoms with van der Waals surface area (Å²) in [6, 6.07) is 9.90. The fraction of sp³-hybridized carbons (Fsp3) is 0.455. The van der Waals surface area contributed by atoms with Crippen molar-refractivity contribution in [3.05, 3.63) is 35.9 Å². The van der Waals surface area contributed by atoms with Gasteiger partial charge in [0.2, 0.25) is 10.0 Å². The van der Waals surface area contributed by atoms with Gasteiger partial charge < -0.3 is 0 Å². The minimum atomic E-state index is -3.13. The Morgan fingerprint density at radius 3 is 2.38 bits per heavy atom. The van der Waals surface area contributed by atoms with Gasteiger partial charge >= 0.3 is 0 Å². The number of benzene rings is 1. The van der Waals surface area contributed by atoms with Gasteiger partial charge in [-0.15, -0.1) is 0 Å². The molecule has 0 amide bonds. The minimum absolute atomic E-state index is 0.0113. The van der Waals surface area contributed by atoms with Crippen molar-refractivity contribution in [1.82, 2.24) is 4.31 Å². The molecule has 90 valence electrons. The highest BCUT2D eigenvalue weighted by molar-refractivity contribution is 9.10. The number of sulfonamides is 1. The summed E-state index contributed by atoms with van der Waals surface area (Å²) in [6.45, 7) is 2.90. The topological polar surface area (TPSA) is 37.4 Å². The Labute approximate surface area is 106 Å². The highest BCUT2D eigenvalue weighted by atomic mass is 79.9. The zero-order valence-electron chi connectivity index (χ0n) is 9.27. The highest BCUT2D eigenvalue weighted by Gasteiger charge is 2.17. The molecule has 5 heteroatoms. The molecular formula is C11H16BrNO2S. The van der Waals surface area contributed by atoms with E-state index in [1.165, 1.54) is 4.31 Å². The van der Waals surface area contributed by atoms with Gasteiger partial charge in [0, 0.05) is 13.1 Å². The number of halogens is 1. The number of likely N-dealkylation sites (N-methyl/N-ethyl adjacent to an activating group) is 1. The van der Waals surface area contributed by atoms with Crippen LogP contribution < -0.4 is 0 Å². The summed E-state index contributed by atoms with van der Waals surface area (Å²) in [6.07, 6.45) is 0.751. The lowest BCUT2D eigenvalue weighted by molar-refractivity contribution is 0.435. The van der Waals surface area contributed by atoms with Gasteiger partial charge in [-0.3, -0.25) is 0 Å². The maximum absolute atomic E-state index is 11.6. The van der Waals surface area contributed by atoms with Crippen molar-refractivity contribution in [3.63, 3.8) is 0 Å². The van der Waals surface area contributed by atoms with Gasteiger partial charge in [0.25, 0.3) is 0 Å². The van der Waals surface area contributed by atoms with Crippen LogP contribution in [0.3, 0.4) is 0 Å². The molecule has 1 aromatic rings. The summed E-state index contributed by atoms with van der Waals surface area (Å²) in [5, 5.41) is 0. The standard InChI is InChI=1S/C11H16BrNO2S/c1-2-13(16(14,15)10-12)9-8-11-6-4-3-5-7-11/h3-7H,2,8-10H2,1H3. The zero-order valence-corrected chi connectivity index (χ0v) is 11.7. The molecule has 0 aromatic heterocycles. The van der Waals surface area contributed by atoms with E-state index in [1.54, 1.807) is 0 Å². The largest absolute Gasteiger partial charge is 0.224 e. The van der Waals surface area contributed by atoms with Crippen LogP contribution in [0.4, 0.5) is 0 Å². The highest BCUT2D eigenvalue weighted by Crippen LogP contribution is 2.07. The first kappa shape index (κ1) is 13.7. The molecule has 0 spiro atoms. The molecule has 16 heavy (non-hydrogen) atoms. The van der Waals surface area contributed by atoms with E-state index in [-0.39, 0.29) is 4.66 Å². The normalized spacial score (nSPS) is 11.9. The molecule has 0 aliphatic heterocycles. The van der Waals surface area contributed by atoms with Crippen molar-refractivity contribution >= 4 is 26.0 Å². The van der Waals surface area contributed by atoms with Crippen LogP contribution in [0.2, 0.25) is 0 Å². The first-order chi connectivity index (χ1) is 7.60. The Morgan fingerprint density at radius 2 is 1.88 bits per heavy atom. The quantitative estimate of drug-likeness (QED) is 0.756. The van der Waals surface area contributed by atoms with Crippen LogP contribution in [0.1, 0.15) is 12.5 Å². The third-order valence-corrected chi connectivity index (χ3v) is 5.62. The molecule has 0 saturated carbocycles. The molecule has 0 radical (unpaired) electrons. The molecule has 0 fully saturated rings. The Hall–Kier alpha value is -0.390. The lowest BCUT2D eigenvalue weighted by Crippen LogP contribution is -2.33. The lowest BCUT2D eigenvalue weighted by Gasteiger charge is -2.18. The molecule has 0 atom stereocenters. The van der Waals surface area contributed by atoms with Crippen LogP contribution in [-0.4, -0.2) is 30.5 Å². The zero-order chi connectivity index (χ0) is 12.0. The summed E-state index contributed by atoms with van der Waals surface area (Å²) in [7, 11) is -3.13. The van der Waals surface area contributed by atoms with Crippen LogP contribution >= 0.6 is 15.9 Å². The lowest BCUT2D eigenvalue weighted by atomic mass is 10.1. The Kier molecular flexibility index (Phi) is 5.44. The SMILES string of the molecule is CCN(CCc1ccccc1)S(=O)(=O)CBr. The summed E-state index contributed by atoms with van der Waals surface area (Å²) >= 11 is 3.01. The van der Waals surface area contributed by atoms with Crippen molar-refractivity contribution in [1.29, 1.82) is 0 Å². The first-order valence-electron chi connectivity index (χ1n) is 5.18.